The van der Waals surface area contributed by atoms with E-state index < -0.39 is 12.8 Å². The fourth-order valence-electron chi connectivity index (χ4n) is 1.67. The summed E-state index contributed by atoms with van der Waals surface area (Å²) in [6.45, 7) is 4.89. The Bertz CT molecular complexity index is 533. The van der Waals surface area contributed by atoms with Crippen molar-refractivity contribution in [2.45, 2.75) is 19.6 Å². The summed E-state index contributed by atoms with van der Waals surface area (Å²) in [5.74, 6) is 0.742. The normalized spacial score (nSPS) is 11.4. The van der Waals surface area contributed by atoms with Gasteiger partial charge in [0, 0.05) is 25.7 Å². The monoisotopic (exact) mass is 443 g/mol. The van der Waals surface area contributed by atoms with Crippen molar-refractivity contribution in [1.82, 2.24) is 10.6 Å². The van der Waals surface area contributed by atoms with Gasteiger partial charge in [0.25, 0.3) is 0 Å². The minimum Gasteiger partial charge on any atom is -0.484 e. The number of rotatable bonds is 6. The molecule has 2 N–H and O–H groups in total. The van der Waals surface area contributed by atoms with Crippen LogP contribution < -0.4 is 15.4 Å². The van der Waals surface area contributed by atoms with Crippen molar-refractivity contribution in [1.29, 1.82) is 0 Å². The topological polar surface area (TPSA) is 45.7 Å². The third-order valence-electron chi connectivity index (χ3n) is 2.70. The highest BCUT2D eigenvalue weighted by Crippen LogP contribution is 2.23. The number of hydrogen-bond donors (Lipinski definition) is 2. The first-order valence-electron chi connectivity index (χ1n) is 6.70. The summed E-state index contributed by atoms with van der Waals surface area (Å²) in [5.41, 5.74) is 1.45. The van der Waals surface area contributed by atoms with E-state index in [4.69, 9.17) is 4.74 Å². The van der Waals surface area contributed by atoms with Gasteiger partial charge in [-0.2, -0.15) is 13.2 Å². The standard InChI is InChI=1S/C15H20F3N3O.HI/c1-4-7-20-14(19-3)21-9-12-6-5-11(2)8-13(12)22-10-15(16,17)18;/h4-6,8H,1,7,9-10H2,2-3H3,(H2,19,20,21);1H. The number of guanidine groups is 1. The predicted molar refractivity (Wildman–Crippen MR) is 96.5 cm³/mol. The van der Waals surface area contributed by atoms with Crippen LogP contribution >= 0.6 is 24.0 Å². The Morgan fingerprint density at radius 2 is 2.04 bits per heavy atom. The molecule has 1 aromatic carbocycles. The molecule has 0 heterocycles. The second-order valence-corrected chi connectivity index (χ2v) is 4.61. The van der Waals surface area contributed by atoms with Gasteiger partial charge < -0.3 is 15.4 Å². The maximum Gasteiger partial charge on any atom is 0.422 e. The lowest BCUT2D eigenvalue weighted by molar-refractivity contribution is -0.153. The second-order valence-electron chi connectivity index (χ2n) is 4.61. The minimum atomic E-state index is -4.37. The maximum atomic E-state index is 12.3. The van der Waals surface area contributed by atoms with Crippen LogP contribution in [0.2, 0.25) is 0 Å². The van der Waals surface area contributed by atoms with Crippen LogP contribution in [0.4, 0.5) is 13.2 Å². The summed E-state index contributed by atoms with van der Waals surface area (Å²) in [6.07, 6.45) is -2.69. The Balaban J connectivity index is 0.00000484. The first-order chi connectivity index (χ1) is 10.4. The van der Waals surface area contributed by atoms with E-state index in [1.165, 1.54) is 0 Å². The Labute approximate surface area is 151 Å². The highest BCUT2D eigenvalue weighted by atomic mass is 127. The highest BCUT2D eigenvalue weighted by Gasteiger charge is 2.28. The van der Waals surface area contributed by atoms with Gasteiger partial charge >= 0.3 is 6.18 Å². The molecule has 0 atom stereocenters. The number of benzene rings is 1. The zero-order chi connectivity index (χ0) is 16.6. The predicted octanol–water partition coefficient (Wildman–Crippen LogP) is 3.41. The summed E-state index contributed by atoms with van der Waals surface area (Å²) >= 11 is 0. The largest absolute Gasteiger partial charge is 0.484 e. The fourth-order valence-corrected chi connectivity index (χ4v) is 1.67. The number of halogens is 4. The molecule has 0 aliphatic heterocycles. The quantitative estimate of drug-likeness (QED) is 0.307. The van der Waals surface area contributed by atoms with Crippen molar-refractivity contribution >= 4 is 29.9 Å². The second kappa shape index (κ2) is 10.3. The van der Waals surface area contributed by atoms with E-state index in [0.717, 1.165) is 5.56 Å². The van der Waals surface area contributed by atoms with Crippen molar-refractivity contribution in [3.63, 3.8) is 0 Å². The molecule has 23 heavy (non-hydrogen) atoms. The maximum absolute atomic E-state index is 12.3. The number of nitrogens with one attached hydrogen (secondary N) is 2. The smallest absolute Gasteiger partial charge is 0.422 e. The van der Waals surface area contributed by atoms with Gasteiger partial charge in [0.2, 0.25) is 0 Å². The molecule has 0 unspecified atom stereocenters. The Kier molecular flexibility index (Phi) is 9.70. The Hall–Kier alpha value is -1.45. The molecule has 1 aromatic rings. The van der Waals surface area contributed by atoms with E-state index in [-0.39, 0.29) is 29.7 Å². The van der Waals surface area contributed by atoms with E-state index >= 15 is 0 Å². The lowest BCUT2D eigenvalue weighted by Gasteiger charge is -2.16. The van der Waals surface area contributed by atoms with Gasteiger partial charge in [-0.05, 0) is 18.6 Å². The van der Waals surface area contributed by atoms with Crippen molar-refractivity contribution in [2.75, 3.05) is 20.2 Å². The molecule has 0 aromatic heterocycles. The van der Waals surface area contributed by atoms with E-state index in [1.807, 2.05) is 6.07 Å². The van der Waals surface area contributed by atoms with Crippen molar-refractivity contribution in [3.8, 4) is 5.75 Å². The van der Waals surface area contributed by atoms with Crippen LogP contribution in [0.15, 0.2) is 35.8 Å². The molecule has 8 heteroatoms. The summed E-state index contributed by atoms with van der Waals surface area (Å²) in [7, 11) is 1.61. The molecular weight excluding hydrogens is 422 g/mol. The highest BCUT2D eigenvalue weighted by molar-refractivity contribution is 14.0. The van der Waals surface area contributed by atoms with Crippen molar-refractivity contribution in [2.24, 2.45) is 4.99 Å². The van der Waals surface area contributed by atoms with E-state index in [9.17, 15) is 13.2 Å². The van der Waals surface area contributed by atoms with Gasteiger partial charge in [0.1, 0.15) is 5.75 Å². The minimum absolute atomic E-state index is 0. The summed E-state index contributed by atoms with van der Waals surface area (Å²) in [6, 6.07) is 5.13. The van der Waals surface area contributed by atoms with Crippen molar-refractivity contribution < 1.29 is 17.9 Å². The molecule has 1 rings (SSSR count). The summed E-state index contributed by atoms with van der Waals surface area (Å²) in [4.78, 5) is 4.00. The molecule has 0 aliphatic rings. The molecule has 0 bridgehead atoms. The Morgan fingerprint density at radius 1 is 1.35 bits per heavy atom. The van der Waals surface area contributed by atoms with Crippen LogP contribution in [-0.4, -0.2) is 32.3 Å². The molecule has 0 aliphatic carbocycles. The van der Waals surface area contributed by atoms with Crippen LogP contribution in [0.3, 0.4) is 0 Å². The number of ether oxygens (including phenoxy) is 1. The Morgan fingerprint density at radius 3 is 2.61 bits per heavy atom. The van der Waals surface area contributed by atoms with Crippen molar-refractivity contribution in [3.05, 3.63) is 42.0 Å². The first kappa shape index (κ1) is 21.6. The molecule has 0 radical (unpaired) electrons. The van der Waals surface area contributed by atoms with Gasteiger partial charge in [-0.3, -0.25) is 4.99 Å². The van der Waals surface area contributed by atoms with Gasteiger partial charge in [-0.15, -0.1) is 30.6 Å². The van der Waals surface area contributed by atoms with Crippen LogP contribution in [0.25, 0.3) is 0 Å². The third kappa shape index (κ3) is 8.68. The zero-order valence-corrected chi connectivity index (χ0v) is 15.4. The number of aliphatic imine (C=N–C) groups is 1. The van der Waals surface area contributed by atoms with Gasteiger partial charge in [0.05, 0.1) is 0 Å². The van der Waals surface area contributed by atoms with Crippen LogP contribution in [0.1, 0.15) is 11.1 Å². The van der Waals surface area contributed by atoms with Gasteiger partial charge in [0.15, 0.2) is 12.6 Å². The molecule has 0 saturated carbocycles. The molecule has 0 fully saturated rings. The van der Waals surface area contributed by atoms with Crippen LogP contribution in [-0.2, 0) is 6.54 Å². The van der Waals surface area contributed by atoms with Gasteiger partial charge in [-0.1, -0.05) is 18.2 Å². The van der Waals surface area contributed by atoms with Crippen LogP contribution in [0.5, 0.6) is 5.75 Å². The molecule has 0 amide bonds. The lowest BCUT2D eigenvalue weighted by Crippen LogP contribution is -2.36. The lowest BCUT2D eigenvalue weighted by atomic mass is 10.1. The van der Waals surface area contributed by atoms with E-state index in [2.05, 4.69) is 22.2 Å². The number of nitrogens with zero attached hydrogens (tertiary/aromatic N) is 1. The average molecular weight is 443 g/mol. The number of hydrogen-bond acceptors (Lipinski definition) is 2. The summed E-state index contributed by atoms with van der Waals surface area (Å²) < 4.78 is 41.8. The molecule has 130 valence electrons. The molecule has 0 saturated heterocycles. The third-order valence-corrected chi connectivity index (χ3v) is 2.70. The molecular formula is C15H21F3IN3O. The fraction of sp³-hybridized carbons (Fsp3) is 0.400. The van der Waals surface area contributed by atoms with E-state index in [1.54, 1.807) is 32.2 Å². The SMILES string of the molecule is C=CCNC(=NC)NCc1ccc(C)cc1OCC(F)(F)F.I. The van der Waals surface area contributed by atoms with Crippen LogP contribution in [0, 0.1) is 6.92 Å². The molecule has 4 nitrogen and oxygen atoms in total. The van der Waals surface area contributed by atoms with Gasteiger partial charge in [-0.25, -0.2) is 0 Å². The summed E-state index contributed by atoms with van der Waals surface area (Å²) in [5, 5.41) is 5.98. The van der Waals surface area contributed by atoms with E-state index in [0.29, 0.717) is 24.6 Å². The first-order valence-corrected chi connectivity index (χ1v) is 6.70. The number of aryl methyl sites for hydroxylation is 1. The number of alkyl halides is 3. The zero-order valence-electron chi connectivity index (χ0n) is 13.0. The molecule has 0 spiro atoms. The average Bonchev–Trinajstić information content (AvgIpc) is 2.46.